The van der Waals surface area contributed by atoms with E-state index in [1.165, 1.54) is 6.21 Å². The van der Waals surface area contributed by atoms with Gasteiger partial charge in [-0.05, 0) is 29.9 Å². The molecule has 0 amide bonds. The van der Waals surface area contributed by atoms with Crippen LogP contribution < -0.4 is 11.2 Å². The maximum Gasteiger partial charge on any atom is 0.202 e. The third-order valence-electron chi connectivity index (χ3n) is 2.15. The molecule has 4 nitrogen and oxygen atoms in total. The number of rotatable bonds is 3. The van der Waals surface area contributed by atoms with Crippen LogP contribution >= 0.6 is 23.8 Å². The van der Waals surface area contributed by atoms with E-state index in [2.05, 4.69) is 22.7 Å². The van der Waals surface area contributed by atoms with Crippen molar-refractivity contribution in [2.45, 2.75) is 0 Å². The summed E-state index contributed by atoms with van der Waals surface area (Å²) in [5, 5.41) is 4.18. The zero-order valence-corrected chi connectivity index (χ0v) is 10.8. The number of nitrogens with one attached hydrogen (secondary N) is 1. The minimum Gasteiger partial charge on any atom is -0.444 e. The van der Waals surface area contributed by atoms with Crippen LogP contribution in [-0.4, -0.2) is 11.3 Å². The van der Waals surface area contributed by atoms with Crippen LogP contribution in [0.15, 0.2) is 45.9 Å². The van der Waals surface area contributed by atoms with Crippen molar-refractivity contribution in [1.82, 2.24) is 5.43 Å². The number of hydrogen-bond donors (Lipinski definition) is 2. The molecule has 18 heavy (non-hydrogen) atoms. The minimum absolute atomic E-state index is 0.0918. The van der Waals surface area contributed by atoms with E-state index in [1.807, 2.05) is 30.3 Å². The van der Waals surface area contributed by atoms with Crippen LogP contribution in [0.2, 0.25) is 5.22 Å². The summed E-state index contributed by atoms with van der Waals surface area (Å²) in [4.78, 5) is 0. The van der Waals surface area contributed by atoms with Crippen LogP contribution in [0.4, 0.5) is 0 Å². The van der Waals surface area contributed by atoms with E-state index in [-0.39, 0.29) is 10.3 Å². The summed E-state index contributed by atoms with van der Waals surface area (Å²) in [6.45, 7) is 0. The zero-order chi connectivity index (χ0) is 13.0. The number of nitrogens with two attached hydrogens (primary N) is 1. The number of furan rings is 1. The minimum atomic E-state index is 0.0918. The van der Waals surface area contributed by atoms with Gasteiger partial charge in [0.15, 0.2) is 5.11 Å². The Balaban J connectivity index is 2.22. The molecular weight excluding hydrogens is 270 g/mol. The van der Waals surface area contributed by atoms with E-state index >= 15 is 0 Å². The average Bonchev–Trinajstić information content (AvgIpc) is 2.72. The summed E-state index contributed by atoms with van der Waals surface area (Å²) in [7, 11) is 0. The summed E-state index contributed by atoms with van der Waals surface area (Å²) in [5.41, 5.74) is 9.29. The fourth-order valence-electron chi connectivity index (χ4n) is 1.38. The molecular formula is C12H10ClN3OS. The molecule has 0 saturated carbocycles. The molecule has 92 valence electrons. The maximum atomic E-state index is 5.96. The molecule has 0 radical (unpaired) electrons. The molecule has 3 N–H and O–H groups in total. The van der Waals surface area contributed by atoms with Crippen molar-refractivity contribution in [3.63, 3.8) is 0 Å². The first-order valence-electron chi connectivity index (χ1n) is 5.10. The van der Waals surface area contributed by atoms with Crippen LogP contribution in [-0.2, 0) is 0 Å². The van der Waals surface area contributed by atoms with Crippen LogP contribution in [0.5, 0.6) is 0 Å². The van der Waals surface area contributed by atoms with Gasteiger partial charge in [0.2, 0.25) is 5.22 Å². The highest BCUT2D eigenvalue weighted by atomic mass is 35.5. The van der Waals surface area contributed by atoms with E-state index < -0.39 is 0 Å². The van der Waals surface area contributed by atoms with Crippen molar-refractivity contribution in [2.24, 2.45) is 10.8 Å². The van der Waals surface area contributed by atoms with Gasteiger partial charge in [0.25, 0.3) is 0 Å². The molecule has 2 aromatic rings. The fourth-order valence-corrected chi connectivity index (χ4v) is 1.62. The lowest BCUT2D eigenvalue weighted by atomic mass is 10.1. The SMILES string of the molecule is NC(=S)N/N=C\c1cc(-c2ccccc2)oc1Cl. The van der Waals surface area contributed by atoms with Gasteiger partial charge in [-0.2, -0.15) is 5.10 Å². The van der Waals surface area contributed by atoms with Gasteiger partial charge in [0.1, 0.15) is 5.76 Å². The first-order chi connectivity index (χ1) is 8.66. The molecule has 0 spiro atoms. The standard InChI is InChI=1S/C12H10ClN3OS/c13-11-9(7-15-16-12(14)18)6-10(17-11)8-4-2-1-3-5-8/h1-7H,(H3,14,16,18)/b15-7-. The van der Waals surface area contributed by atoms with Gasteiger partial charge in [-0.1, -0.05) is 30.3 Å². The quantitative estimate of drug-likeness (QED) is 0.515. The third-order valence-corrected chi connectivity index (χ3v) is 2.54. The van der Waals surface area contributed by atoms with E-state index in [1.54, 1.807) is 6.07 Å². The lowest BCUT2D eigenvalue weighted by Crippen LogP contribution is -2.23. The van der Waals surface area contributed by atoms with Crippen LogP contribution in [0.1, 0.15) is 5.56 Å². The van der Waals surface area contributed by atoms with Crippen molar-refractivity contribution in [3.05, 3.63) is 47.2 Å². The van der Waals surface area contributed by atoms with Gasteiger partial charge in [0, 0.05) is 5.56 Å². The number of halogens is 1. The lowest BCUT2D eigenvalue weighted by Gasteiger charge is -1.93. The summed E-state index contributed by atoms with van der Waals surface area (Å²) >= 11 is 10.6. The Bertz CT molecular complexity index is 580. The van der Waals surface area contributed by atoms with Crippen LogP contribution in [0.3, 0.4) is 0 Å². The van der Waals surface area contributed by atoms with Gasteiger partial charge in [-0.25, -0.2) is 0 Å². The third kappa shape index (κ3) is 3.09. The highest BCUT2D eigenvalue weighted by Gasteiger charge is 2.08. The molecule has 0 aliphatic carbocycles. The predicted octanol–water partition coefficient (Wildman–Crippen LogP) is 2.77. The molecule has 2 rings (SSSR count). The second-order valence-electron chi connectivity index (χ2n) is 3.44. The topological polar surface area (TPSA) is 63.5 Å². The number of benzene rings is 1. The molecule has 0 bridgehead atoms. The largest absolute Gasteiger partial charge is 0.444 e. The highest BCUT2D eigenvalue weighted by molar-refractivity contribution is 7.80. The van der Waals surface area contributed by atoms with E-state index in [0.29, 0.717) is 11.3 Å². The number of hydrogen-bond acceptors (Lipinski definition) is 3. The second-order valence-corrected chi connectivity index (χ2v) is 4.22. The smallest absolute Gasteiger partial charge is 0.202 e. The van der Waals surface area contributed by atoms with Crippen LogP contribution in [0.25, 0.3) is 11.3 Å². The van der Waals surface area contributed by atoms with Crippen molar-refractivity contribution in [3.8, 4) is 11.3 Å². The zero-order valence-electron chi connectivity index (χ0n) is 9.26. The Morgan fingerprint density at radius 3 is 2.78 bits per heavy atom. The van der Waals surface area contributed by atoms with E-state index in [0.717, 1.165) is 5.56 Å². The maximum absolute atomic E-state index is 5.96. The van der Waals surface area contributed by atoms with Crippen LogP contribution in [0, 0.1) is 0 Å². The van der Waals surface area contributed by atoms with Crippen molar-refractivity contribution < 1.29 is 4.42 Å². The molecule has 0 aliphatic heterocycles. The monoisotopic (exact) mass is 279 g/mol. The first-order valence-corrected chi connectivity index (χ1v) is 5.88. The molecule has 0 unspecified atom stereocenters. The average molecular weight is 280 g/mol. The Labute approximate surface area is 114 Å². The van der Waals surface area contributed by atoms with E-state index in [4.69, 9.17) is 21.8 Å². The molecule has 6 heteroatoms. The van der Waals surface area contributed by atoms with Crippen molar-refractivity contribution in [2.75, 3.05) is 0 Å². The molecule has 1 aromatic carbocycles. The molecule has 1 aromatic heterocycles. The summed E-state index contributed by atoms with van der Waals surface area (Å²) < 4.78 is 5.44. The van der Waals surface area contributed by atoms with Gasteiger partial charge in [-0.15, -0.1) is 0 Å². The number of hydrazone groups is 1. The lowest BCUT2D eigenvalue weighted by molar-refractivity contribution is 0.584. The predicted molar refractivity (Wildman–Crippen MR) is 76.7 cm³/mol. The Kier molecular flexibility index (Phi) is 3.96. The number of thiocarbonyl (C=S) groups is 1. The summed E-state index contributed by atoms with van der Waals surface area (Å²) in [6.07, 6.45) is 1.50. The first kappa shape index (κ1) is 12.6. The molecule has 1 heterocycles. The molecule has 0 saturated heterocycles. The Morgan fingerprint density at radius 1 is 1.39 bits per heavy atom. The van der Waals surface area contributed by atoms with Crippen molar-refractivity contribution in [1.29, 1.82) is 0 Å². The molecule has 0 fully saturated rings. The highest BCUT2D eigenvalue weighted by Crippen LogP contribution is 2.27. The fraction of sp³-hybridized carbons (Fsp3) is 0. The summed E-state index contributed by atoms with van der Waals surface area (Å²) in [5.74, 6) is 0.678. The van der Waals surface area contributed by atoms with Gasteiger partial charge in [0.05, 0.1) is 11.8 Å². The Morgan fingerprint density at radius 2 is 2.11 bits per heavy atom. The van der Waals surface area contributed by atoms with Crippen molar-refractivity contribution >= 4 is 35.1 Å². The van der Waals surface area contributed by atoms with Gasteiger partial charge >= 0.3 is 0 Å². The molecule has 0 aliphatic rings. The molecule has 0 atom stereocenters. The van der Waals surface area contributed by atoms with Gasteiger partial charge < -0.3 is 10.2 Å². The Hall–Kier alpha value is -1.85. The summed E-state index contributed by atoms with van der Waals surface area (Å²) in [6, 6.07) is 11.4. The van der Waals surface area contributed by atoms with E-state index in [9.17, 15) is 0 Å². The van der Waals surface area contributed by atoms with Gasteiger partial charge in [-0.3, -0.25) is 5.43 Å². The second kappa shape index (κ2) is 5.66. The normalized spacial score (nSPS) is 10.7. The number of nitrogens with zero attached hydrogens (tertiary/aromatic N) is 1.